The first kappa shape index (κ1) is 12.7. The van der Waals surface area contributed by atoms with E-state index in [1.54, 1.807) is 0 Å². The van der Waals surface area contributed by atoms with Crippen molar-refractivity contribution in [2.45, 2.75) is 0 Å². The molecule has 0 radical (unpaired) electrons. The molecule has 18 heavy (non-hydrogen) atoms. The third-order valence-corrected chi connectivity index (χ3v) is 2.51. The highest BCUT2D eigenvalue weighted by Gasteiger charge is 2.14. The Labute approximate surface area is 113 Å². The second-order valence-electron chi connectivity index (χ2n) is 3.39. The predicted molar refractivity (Wildman–Crippen MR) is 67.3 cm³/mol. The lowest BCUT2D eigenvalue weighted by molar-refractivity contribution is 0.0731. The van der Waals surface area contributed by atoms with Crippen LogP contribution in [-0.4, -0.2) is 16.1 Å². The maximum absolute atomic E-state index is 11.8. The number of rotatable bonds is 2. The van der Waals surface area contributed by atoms with E-state index in [0.29, 0.717) is 10.0 Å². The number of aromatic hydroxyl groups is 1. The summed E-state index contributed by atoms with van der Waals surface area (Å²) < 4.78 is 5.01. The second-order valence-corrected chi connectivity index (χ2v) is 4.26. The number of ether oxygens (including phenoxy) is 1. The van der Waals surface area contributed by atoms with Gasteiger partial charge in [-0.05, 0) is 18.2 Å². The van der Waals surface area contributed by atoms with Crippen LogP contribution in [0.25, 0.3) is 0 Å². The molecule has 4 nitrogen and oxygen atoms in total. The number of phenols is 1. The predicted octanol–water partition coefficient (Wildman–Crippen LogP) is 3.31. The molecule has 0 bridgehead atoms. The average Bonchev–Trinajstić information content (AvgIpc) is 2.28. The van der Waals surface area contributed by atoms with Gasteiger partial charge in [-0.1, -0.05) is 23.2 Å². The monoisotopic (exact) mass is 283 g/mol. The summed E-state index contributed by atoms with van der Waals surface area (Å²) in [5, 5.41) is 10.2. The van der Waals surface area contributed by atoms with Gasteiger partial charge in [-0.3, -0.25) is 4.98 Å². The van der Waals surface area contributed by atoms with E-state index in [1.165, 1.54) is 36.7 Å². The molecule has 0 spiro atoms. The Morgan fingerprint density at radius 3 is 2.61 bits per heavy atom. The highest BCUT2D eigenvalue weighted by Crippen LogP contribution is 2.24. The van der Waals surface area contributed by atoms with Crippen molar-refractivity contribution in [2.24, 2.45) is 0 Å². The van der Waals surface area contributed by atoms with E-state index in [0.717, 1.165) is 0 Å². The zero-order valence-corrected chi connectivity index (χ0v) is 10.4. The molecule has 0 saturated heterocycles. The summed E-state index contributed by atoms with van der Waals surface area (Å²) in [5.41, 5.74) is 0.0133. The SMILES string of the molecule is O=C(Oc1cncc(Cl)c1)c1ccc(Cl)cc1O. The van der Waals surface area contributed by atoms with Crippen LogP contribution in [0, 0.1) is 0 Å². The summed E-state index contributed by atoms with van der Waals surface area (Å²) in [4.78, 5) is 15.5. The number of esters is 1. The van der Waals surface area contributed by atoms with Gasteiger partial charge in [0, 0.05) is 17.3 Å². The van der Waals surface area contributed by atoms with Crippen molar-refractivity contribution < 1.29 is 14.6 Å². The van der Waals surface area contributed by atoms with E-state index in [-0.39, 0.29) is 17.1 Å². The van der Waals surface area contributed by atoms with Gasteiger partial charge in [0.2, 0.25) is 0 Å². The van der Waals surface area contributed by atoms with Crippen LogP contribution in [-0.2, 0) is 0 Å². The number of phenolic OH excluding ortho intramolecular Hbond substituents is 1. The largest absolute Gasteiger partial charge is 0.507 e. The van der Waals surface area contributed by atoms with Gasteiger partial charge in [-0.25, -0.2) is 4.79 Å². The molecule has 0 aliphatic rings. The number of pyridine rings is 1. The summed E-state index contributed by atoms with van der Waals surface area (Å²) in [7, 11) is 0. The Hall–Kier alpha value is -1.78. The molecule has 0 atom stereocenters. The summed E-state index contributed by atoms with van der Waals surface area (Å²) in [6.07, 6.45) is 2.76. The normalized spacial score (nSPS) is 10.1. The van der Waals surface area contributed by atoms with Gasteiger partial charge in [0.25, 0.3) is 0 Å². The topological polar surface area (TPSA) is 59.4 Å². The fraction of sp³-hybridized carbons (Fsp3) is 0. The van der Waals surface area contributed by atoms with Crippen molar-refractivity contribution in [3.63, 3.8) is 0 Å². The molecule has 2 aromatic rings. The molecule has 0 aliphatic heterocycles. The highest BCUT2D eigenvalue weighted by atomic mass is 35.5. The standard InChI is InChI=1S/C12H7Cl2NO3/c13-7-1-2-10(11(16)4-7)12(17)18-9-3-8(14)5-15-6-9/h1-6,16H. The quantitative estimate of drug-likeness (QED) is 0.859. The smallest absolute Gasteiger partial charge is 0.347 e. The molecule has 0 amide bonds. The molecule has 1 aromatic carbocycles. The summed E-state index contributed by atoms with van der Waals surface area (Å²) >= 11 is 11.4. The molecule has 0 unspecified atom stereocenters. The number of nitrogens with zero attached hydrogens (tertiary/aromatic N) is 1. The Morgan fingerprint density at radius 2 is 1.94 bits per heavy atom. The molecule has 6 heteroatoms. The fourth-order valence-electron chi connectivity index (χ4n) is 1.29. The molecule has 0 fully saturated rings. The van der Waals surface area contributed by atoms with Crippen LogP contribution >= 0.6 is 23.2 Å². The van der Waals surface area contributed by atoms with Gasteiger partial charge in [0.15, 0.2) is 5.75 Å². The van der Waals surface area contributed by atoms with E-state index in [4.69, 9.17) is 27.9 Å². The van der Waals surface area contributed by atoms with E-state index in [2.05, 4.69) is 4.98 Å². The minimum atomic E-state index is -0.715. The first-order chi connectivity index (χ1) is 8.56. The number of hydrogen-bond acceptors (Lipinski definition) is 4. The van der Waals surface area contributed by atoms with Crippen LogP contribution in [0.1, 0.15) is 10.4 Å². The van der Waals surface area contributed by atoms with Crippen molar-refractivity contribution in [3.8, 4) is 11.5 Å². The van der Waals surface area contributed by atoms with Gasteiger partial charge in [0.1, 0.15) is 11.3 Å². The number of halogens is 2. The molecular formula is C12H7Cl2NO3. The van der Waals surface area contributed by atoms with Crippen LogP contribution in [0.4, 0.5) is 0 Å². The number of carbonyl (C=O) groups excluding carboxylic acids is 1. The van der Waals surface area contributed by atoms with Crippen molar-refractivity contribution in [3.05, 3.63) is 52.3 Å². The Bertz CT molecular complexity index is 602. The molecule has 1 aromatic heterocycles. The molecule has 1 heterocycles. The molecule has 92 valence electrons. The number of aromatic nitrogens is 1. The third kappa shape index (κ3) is 2.91. The minimum Gasteiger partial charge on any atom is -0.507 e. The van der Waals surface area contributed by atoms with Crippen molar-refractivity contribution >= 4 is 29.2 Å². The zero-order valence-electron chi connectivity index (χ0n) is 8.93. The molecular weight excluding hydrogens is 277 g/mol. The van der Waals surface area contributed by atoms with Gasteiger partial charge in [-0.15, -0.1) is 0 Å². The first-order valence-corrected chi connectivity index (χ1v) is 5.63. The number of hydrogen-bond donors (Lipinski definition) is 1. The van der Waals surface area contributed by atoms with Gasteiger partial charge in [0.05, 0.1) is 11.2 Å². The van der Waals surface area contributed by atoms with Crippen molar-refractivity contribution in [1.29, 1.82) is 0 Å². The molecule has 2 rings (SSSR count). The number of carbonyl (C=O) groups is 1. The first-order valence-electron chi connectivity index (χ1n) is 4.87. The lowest BCUT2D eigenvalue weighted by Crippen LogP contribution is -2.08. The number of benzene rings is 1. The maximum atomic E-state index is 11.8. The molecule has 1 N–H and O–H groups in total. The average molecular weight is 284 g/mol. The summed E-state index contributed by atoms with van der Waals surface area (Å²) in [6, 6.07) is 5.56. The Kier molecular flexibility index (Phi) is 3.69. The van der Waals surface area contributed by atoms with Crippen molar-refractivity contribution in [1.82, 2.24) is 4.98 Å². The summed E-state index contributed by atoms with van der Waals surface area (Å²) in [5.74, 6) is -0.766. The van der Waals surface area contributed by atoms with Crippen LogP contribution in [0.5, 0.6) is 11.5 Å². The van der Waals surface area contributed by atoms with E-state index < -0.39 is 5.97 Å². The fourth-order valence-corrected chi connectivity index (χ4v) is 1.62. The Balaban J connectivity index is 2.22. The summed E-state index contributed by atoms with van der Waals surface area (Å²) in [6.45, 7) is 0. The lowest BCUT2D eigenvalue weighted by atomic mass is 10.2. The van der Waals surface area contributed by atoms with Crippen LogP contribution in [0.2, 0.25) is 10.0 Å². The van der Waals surface area contributed by atoms with Crippen molar-refractivity contribution in [2.75, 3.05) is 0 Å². The highest BCUT2D eigenvalue weighted by molar-refractivity contribution is 6.31. The van der Waals surface area contributed by atoms with Gasteiger partial charge >= 0.3 is 5.97 Å². The van der Waals surface area contributed by atoms with Crippen LogP contribution in [0.15, 0.2) is 36.7 Å². The minimum absolute atomic E-state index is 0.0133. The van der Waals surface area contributed by atoms with E-state index in [1.807, 2.05) is 0 Å². The zero-order chi connectivity index (χ0) is 13.1. The lowest BCUT2D eigenvalue weighted by Gasteiger charge is -2.05. The van der Waals surface area contributed by atoms with E-state index in [9.17, 15) is 9.90 Å². The van der Waals surface area contributed by atoms with Gasteiger partial charge < -0.3 is 9.84 Å². The molecule has 0 aliphatic carbocycles. The van der Waals surface area contributed by atoms with Crippen LogP contribution < -0.4 is 4.74 Å². The van der Waals surface area contributed by atoms with Crippen LogP contribution in [0.3, 0.4) is 0 Å². The second kappa shape index (κ2) is 5.25. The molecule has 0 saturated carbocycles. The maximum Gasteiger partial charge on any atom is 0.347 e. The van der Waals surface area contributed by atoms with E-state index >= 15 is 0 Å². The Morgan fingerprint density at radius 1 is 1.17 bits per heavy atom. The van der Waals surface area contributed by atoms with Gasteiger partial charge in [-0.2, -0.15) is 0 Å². The third-order valence-electron chi connectivity index (χ3n) is 2.07.